The number of rotatable bonds is 6. The highest BCUT2D eigenvalue weighted by Crippen LogP contribution is 2.67. The Morgan fingerprint density at radius 1 is 1.13 bits per heavy atom. The van der Waals surface area contributed by atoms with Gasteiger partial charge in [-0.25, -0.2) is 4.79 Å². The Bertz CT molecular complexity index is 749. The van der Waals surface area contributed by atoms with E-state index in [4.69, 9.17) is 0 Å². The third-order valence-electron chi connectivity index (χ3n) is 10.7. The standard InChI is InChI=1S/C28H44O3/c1-18(6-5-7-19(2)26(31)17-29)23-10-11-24-22-9-8-20-16-21(30)12-14-27(20,3)25(22)13-15-28(23,24)4/h8,18-19,21-25,30-31H,5-7,9-16H2,1-4H3/t18?,19?,21-,22-,23+,24-,25-,27-,28+/m0/s1. The van der Waals surface area contributed by atoms with Crippen molar-refractivity contribution in [2.75, 3.05) is 0 Å². The summed E-state index contributed by atoms with van der Waals surface area (Å²) >= 11 is 0. The van der Waals surface area contributed by atoms with Gasteiger partial charge in [0.05, 0.1) is 6.10 Å². The van der Waals surface area contributed by atoms with Crippen molar-refractivity contribution in [3.05, 3.63) is 17.4 Å². The molecule has 9 atom stereocenters. The van der Waals surface area contributed by atoms with E-state index < -0.39 is 0 Å². The number of aliphatic hydroxyl groups is 2. The minimum atomic E-state index is -0.118. The van der Waals surface area contributed by atoms with Crippen molar-refractivity contribution in [1.82, 2.24) is 0 Å². The molecule has 0 spiro atoms. The van der Waals surface area contributed by atoms with Crippen LogP contribution in [-0.4, -0.2) is 22.3 Å². The third-order valence-corrected chi connectivity index (χ3v) is 10.7. The maximum absolute atomic E-state index is 10.7. The van der Waals surface area contributed by atoms with Gasteiger partial charge in [0.1, 0.15) is 0 Å². The van der Waals surface area contributed by atoms with E-state index in [1.54, 1.807) is 11.5 Å². The van der Waals surface area contributed by atoms with Gasteiger partial charge in [0.2, 0.25) is 0 Å². The molecule has 3 fully saturated rings. The molecule has 3 heteroatoms. The van der Waals surface area contributed by atoms with E-state index in [0.29, 0.717) is 16.7 Å². The molecule has 3 saturated carbocycles. The summed E-state index contributed by atoms with van der Waals surface area (Å²) in [7, 11) is 0. The van der Waals surface area contributed by atoms with Gasteiger partial charge < -0.3 is 10.2 Å². The largest absolute Gasteiger partial charge is 0.502 e. The van der Waals surface area contributed by atoms with E-state index in [0.717, 1.165) is 49.4 Å². The topological polar surface area (TPSA) is 57.5 Å². The molecule has 4 rings (SSSR count). The Kier molecular flexibility index (Phi) is 6.50. The SMILES string of the molecule is CC(CCCC(C)[C@H]1CC[C@H]2[C@@H]3CC=C4C[C@@H](O)CC[C@]4(C)[C@H]3CC[C@]12C)C(O)=C=O. The average Bonchev–Trinajstić information content (AvgIpc) is 3.10. The van der Waals surface area contributed by atoms with Crippen molar-refractivity contribution in [3.63, 3.8) is 0 Å². The van der Waals surface area contributed by atoms with Gasteiger partial charge in [0, 0.05) is 5.92 Å². The van der Waals surface area contributed by atoms with Gasteiger partial charge in [0.15, 0.2) is 11.7 Å². The van der Waals surface area contributed by atoms with Gasteiger partial charge in [-0.15, -0.1) is 0 Å². The Balaban J connectivity index is 1.43. The fourth-order valence-corrected chi connectivity index (χ4v) is 8.80. The summed E-state index contributed by atoms with van der Waals surface area (Å²) in [6.07, 6.45) is 15.3. The van der Waals surface area contributed by atoms with E-state index in [9.17, 15) is 15.0 Å². The number of fused-ring (bicyclic) bond motifs is 5. The molecule has 174 valence electrons. The zero-order valence-electron chi connectivity index (χ0n) is 20.2. The van der Waals surface area contributed by atoms with Crippen molar-refractivity contribution in [2.45, 2.75) is 104 Å². The summed E-state index contributed by atoms with van der Waals surface area (Å²) in [6, 6.07) is 0. The van der Waals surface area contributed by atoms with Gasteiger partial charge in [-0.05, 0) is 98.2 Å². The second-order valence-corrected chi connectivity index (χ2v) is 12.2. The fraction of sp³-hybridized carbons (Fsp3) is 0.857. The molecule has 0 amide bonds. The molecule has 0 aromatic heterocycles. The first kappa shape index (κ1) is 23.1. The lowest BCUT2D eigenvalue weighted by atomic mass is 9.47. The zero-order chi connectivity index (χ0) is 22.4. The third kappa shape index (κ3) is 3.95. The molecular weight excluding hydrogens is 384 g/mol. The summed E-state index contributed by atoms with van der Waals surface area (Å²) in [5.41, 5.74) is 2.37. The number of allylic oxidation sites excluding steroid dienone is 2. The molecule has 4 aliphatic rings. The highest BCUT2D eigenvalue weighted by atomic mass is 16.3. The molecule has 3 nitrogen and oxygen atoms in total. The molecule has 4 aliphatic carbocycles. The van der Waals surface area contributed by atoms with E-state index in [2.05, 4.69) is 26.8 Å². The first-order valence-electron chi connectivity index (χ1n) is 13.0. The molecule has 0 bridgehead atoms. The number of aliphatic hydroxyl groups excluding tert-OH is 2. The quantitative estimate of drug-likeness (QED) is 0.283. The van der Waals surface area contributed by atoms with Gasteiger partial charge in [0.25, 0.3) is 0 Å². The smallest absolute Gasteiger partial charge is 0.179 e. The molecule has 0 saturated heterocycles. The molecule has 2 unspecified atom stereocenters. The number of hydrogen-bond donors (Lipinski definition) is 2. The average molecular weight is 429 g/mol. The molecule has 31 heavy (non-hydrogen) atoms. The molecule has 0 aromatic rings. The van der Waals surface area contributed by atoms with Crippen LogP contribution in [0, 0.1) is 46.3 Å². The molecule has 0 heterocycles. The highest BCUT2D eigenvalue weighted by Gasteiger charge is 2.59. The highest BCUT2D eigenvalue weighted by molar-refractivity contribution is 5.49. The van der Waals surface area contributed by atoms with Crippen LogP contribution in [0.15, 0.2) is 17.4 Å². The van der Waals surface area contributed by atoms with Crippen molar-refractivity contribution < 1.29 is 15.0 Å². The second-order valence-electron chi connectivity index (χ2n) is 12.2. The lowest BCUT2D eigenvalue weighted by molar-refractivity contribution is -0.0573. The summed E-state index contributed by atoms with van der Waals surface area (Å²) in [4.78, 5) is 10.7. The maximum atomic E-state index is 10.7. The first-order chi connectivity index (χ1) is 14.7. The van der Waals surface area contributed by atoms with Crippen LogP contribution in [0.1, 0.15) is 98.3 Å². The summed E-state index contributed by atoms with van der Waals surface area (Å²) < 4.78 is 0. The van der Waals surface area contributed by atoms with Crippen molar-refractivity contribution in [2.24, 2.45) is 46.3 Å². The minimum absolute atomic E-state index is 0.0648. The maximum Gasteiger partial charge on any atom is 0.179 e. The Morgan fingerprint density at radius 3 is 2.65 bits per heavy atom. The predicted octanol–water partition coefficient (Wildman–Crippen LogP) is 6.64. The van der Waals surface area contributed by atoms with Crippen molar-refractivity contribution in [1.29, 1.82) is 0 Å². The molecular formula is C28H44O3. The number of hydrogen-bond acceptors (Lipinski definition) is 3. The van der Waals surface area contributed by atoms with Crippen LogP contribution in [0.3, 0.4) is 0 Å². The molecule has 2 N–H and O–H groups in total. The molecule has 0 aromatic carbocycles. The van der Waals surface area contributed by atoms with E-state index in [1.165, 1.54) is 44.9 Å². The normalized spacial score (nSPS) is 43.6. The lowest BCUT2D eigenvalue weighted by Gasteiger charge is -2.58. The minimum Gasteiger partial charge on any atom is -0.502 e. The van der Waals surface area contributed by atoms with Crippen LogP contribution in [0.4, 0.5) is 0 Å². The van der Waals surface area contributed by atoms with Crippen LogP contribution in [0.2, 0.25) is 0 Å². The van der Waals surface area contributed by atoms with Crippen LogP contribution < -0.4 is 0 Å². The second kappa shape index (κ2) is 8.71. The fourth-order valence-electron chi connectivity index (χ4n) is 8.80. The zero-order valence-corrected chi connectivity index (χ0v) is 20.2. The van der Waals surface area contributed by atoms with Gasteiger partial charge >= 0.3 is 0 Å². The van der Waals surface area contributed by atoms with Crippen LogP contribution in [0.5, 0.6) is 0 Å². The Hall–Kier alpha value is -1.05. The van der Waals surface area contributed by atoms with Crippen LogP contribution in [0.25, 0.3) is 0 Å². The predicted molar refractivity (Wildman–Crippen MR) is 125 cm³/mol. The molecule has 0 radical (unpaired) electrons. The van der Waals surface area contributed by atoms with E-state index in [1.807, 2.05) is 6.92 Å². The summed E-state index contributed by atoms with van der Waals surface area (Å²) in [6.45, 7) is 9.50. The Morgan fingerprint density at radius 2 is 1.90 bits per heavy atom. The molecule has 0 aliphatic heterocycles. The Labute approximate surface area is 189 Å². The van der Waals surface area contributed by atoms with E-state index in [-0.39, 0.29) is 17.8 Å². The first-order valence-corrected chi connectivity index (χ1v) is 13.0. The van der Waals surface area contributed by atoms with Crippen molar-refractivity contribution in [3.8, 4) is 0 Å². The summed E-state index contributed by atoms with van der Waals surface area (Å²) in [5.74, 6) is 5.47. The van der Waals surface area contributed by atoms with Gasteiger partial charge in [-0.2, -0.15) is 0 Å². The number of carbonyl (C=O) groups excluding carboxylic acids is 1. The van der Waals surface area contributed by atoms with E-state index >= 15 is 0 Å². The van der Waals surface area contributed by atoms with Gasteiger partial charge in [-0.3, -0.25) is 0 Å². The van der Waals surface area contributed by atoms with Crippen molar-refractivity contribution >= 4 is 5.94 Å². The monoisotopic (exact) mass is 428 g/mol. The van der Waals surface area contributed by atoms with Crippen LogP contribution >= 0.6 is 0 Å². The lowest BCUT2D eigenvalue weighted by Crippen LogP contribution is -2.50. The summed E-state index contributed by atoms with van der Waals surface area (Å²) in [5, 5.41) is 19.8. The van der Waals surface area contributed by atoms with Gasteiger partial charge in [-0.1, -0.05) is 52.2 Å². The van der Waals surface area contributed by atoms with Crippen LogP contribution in [-0.2, 0) is 4.79 Å².